The minimum atomic E-state index is -0.194. The van der Waals surface area contributed by atoms with Crippen molar-refractivity contribution in [2.24, 2.45) is 0 Å². The second-order valence-corrected chi connectivity index (χ2v) is 5.46. The average Bonchev–Trinajstić information content (AvgIpc) is 3.19. The van der Waals surface area contributed by atoms with Crippen molar-refractivity contribution >= 4 is 11.7 Å². The van der Waals surface area contributed by atoms with Gasteiger partial charge < -0.3 is 5.32 Å². The molecule has 0 unspecified atom stereocenters. The number of hydrogen-bond donors (Lipinski definition) is 2. The molecule has 0 fully saturated rings. The summed E-state index contributed by atoms with van der Waals surface area (Å²) in [5.41, 5.74) is 2.18. The molecule has 3 heterocycles. The van der Waals surface area contributed by atoms with E-state index < -0.39 is 0 Å². The summed E-state index contributed by atoms with van der Waals surface area (Å²) in [5, 5.41) is 9.97. The summed E-state index contributed by atoms with van der Waals surface area (Å²) in [6.45, 7) is 4.10. The highest BCUT2D eigenvalue weighted by atomic mass is 16.2. The molecule has 0 aliphatic heterocycles. The SMILES string of the molecule is CCCc1cc(C(=O)N[C@H](CC)c2cn3cccnc3n2)n[nH]1. The smallest absolute Gasteiger partial charge is 0.272 e. The number of amides is 1. The van der Waals surface area contributed by atoms with Crippen LogP contribution in [0.4, 0.5) is 0 Å². The first kappa shape index (κ1) is 15.2. The summed E-state index contributed by atoms with van der Waals surface area (Å²) < 4.78 is 1.85. The molecule has 0 aliphatic carbocycles. The highest BCUT2D eigenvalue weighted by Crippen LogP contribution is 2.16. The Labute approximate surface area is 134 Å². The molecule has 2 N–H and O–H groups in total. The van der Waals surface area contributed by atoms with Crippen molar-refractivity contribution in [2.75, 3.05) is 0 Å². The topological polar surface area (TPSA) is 88.0 Å². The number of nitrogens with one attached hydrogen (secondary N) is 2. The summed E-state index contributed by atoms with van der Waals surface area (Å²) >= 11 is 0. The summed E-state index contributed by atoms with van der Waals surface area (Å²) in [4.78, 5) is 21.1. The van der Waals surface area contributed by atoms with E-state index in [0.29, 0.717) is 11.5 Å². The van der Waals surface area contributed by atoms with Crippen molar-refractivity contribution < 1.29 is 4.79 Å². The van der Waals surface area contributed by atoms with E-state index in [4.69, 9.17) is 0 Å². The van der Waals surface area contributed by atoms with Gasteiger partial charge in [-0.25, -0.2) is 9.97 Å². The van der Waals surface area contributed by atoms with E-state index in [1.807, 2.05) is 29.8 Å². The van der Waals surface area contributed by atoms with E-state index in [2.05, 4.69) is 32.4 Å². The molecule has 23 heavy (non-hydrogen) atoms. The van der Waals surface area contributed by atoms with Crippen molar-refractivity contribution in [1.82, 2.24) is 29.9 Å². The van der Waals surface area contributed by atoms with Crippen molar-refractivity contribution in [1.29, 1.82) is 0 Å². The maximum absolute atomic E-state index is 12.4. The molecule has 7 nitrogen and oxygen atoms in total. The lowest BCUT2D eigenvalue weighted by Crippen LogP contribution is -2.28. The van der Waals surface area contributed by atoms with Gasteiger partial charge in [0.05, 0.1) is 11.7 Å². The third kappa shape index (κ3) is 3.23. The average molecular weight is 312 g/mol. The summed E-state index contributed by atoms with van der Waals surface area (Å²) in [6, 6.07) is 3.48. The van der Waals surface area contributed by atoms with Crippen molar-refractivity contribution in [3.05, 3.63) is 47.8 Å². The zero-order valence-corrected chi connectivity index (χ0v) is 13.3. The van der Waals surface area contributed by atoms with Crippen LogP contribution in [0.15, 0.2) is 30.7 Å². The predicted octanol–water partition coefficient (Wildman–Crippen LogP) is 2.29. The molecule has 3 aromatic heterocycles. The van der Waals surface area contributed by atoms with Crippen LogP contribution in [0.25, 0.3) is 5.78 Å². The standard InChI is InChI=1S/C16H20N6O/c1-3-6-11-9-13(21-20-11)15(23)18-12(4-2)14-10-22-8-5-7-17-16(22)19-14/h5,7-10,12H,3-4,6H2,1-2H3,(H,18,23)(H,20,21)/t12-/m1/s1. The molecule has 120 valence electrons. The first-order valence-corrected chi connectivity index (χ1v) is 7.86. The molecule has 7 heteroatoms. The minimum absolute atomic E-state index is 0.171. The summed E-state index contributed by atoms with van der Waals surface area (Å²) in [6.07, 6.45) is 8.11. The number of rotatable bonds is 6. The molecule has 3 rings (SSSR count). The third-order valence-electron chi connectivity index (χ3n) is 3.71. The molecule has 0 radical (unpaired) electrons. The Morgan fingerprint density at radius 3 is 3.04 bits per heavy atom. The number of carbonyl (C=O) groups is 1. The Morgan fingerprint density at radius 2 is 2.30 bits per heavy atom. The van der Waals surface area contributed by atoms with Gasteiger partial charge in [-0.3, -0.25) is 14.3 Å². The van der Waals surface area contributed by atoms with Crippen LogP contribution in [-0.4, -0.2) is 30.5 Å². The molecule has 3 aromatic rings. The van der Waals surface area contributed by atoms with E-state index in [0.717, 1.165) is 30.7 Å². The van der Waals surface area contributed by atoms with Crippen LogP contribution < -0.4 is 5.32 Å². The monoisotopic (exact) mass is 312 g/mol. The van der Waals surface area contributed by atoms with Crippen LogP contribution in [0, 0.1) is 0 Å². The lowest BCUT2D eigenvalue weighted by atomic mass is 10.1. The molecular formula is C16H20N6O. The Bertz CT molecular complexity index is 773. The predicted molar refractivity (Wildman–Crippen MR) is 86.1 cm³/mol. The fourth-order valence-electron chi connectivity index (χ4n) is 2.51. The zero-order chi connectivity index (χ0) is 16.2. The molecule has 1 atom stereocenters. The summed E-state index contributed by atoms with van der Waals surface area (Å²) in [7, 11) is 0. The number of aryl methyl sites for hydroxylation is 1. The highest BCUT2D eigenvalue weighted by molar-refractivity contribution is 5.92. The van der Waals surface area contributed by atoms with Crippen LogP contribution in [0.3, 0.4) is 0 Å². The largest absolute Gasteiger partial charge is 0.342 e. The van der Waals surface area contributed by atoms with Crippen LogP contribution in [0.1, 0.15) is 54.6 Å². The first-order chi connectivity index (χ1) is 11.2. The van der Waals surface area contributed by atoms with Gasteiger partial charge in [0.2, 0.25) is 5.78 Å². The minimum Gasteiger partial charge on any atom is -0.342 e. The number of fused-ring (bicyclic) bond motifs is 1. The number of aromatic amines is 1. The lowest BCUT2D eigenvalue weighted by Gasteiger charge is -2.13. The van der Waals surface area contributed by atoms with Gasteiger partial charge in [-0.15, -0.1) is 0 Å². The van der Waals surface area contributed by atoms with Crippen LogP contribution in [-0.2, 0) is 6.42 Å². The number of imidazole rings is 1. The molecule has 0 bridgehead atoms. The van der Waals surface area contributed by atoms with Gasteiger partial charge in [0.25, 0.3) is 5.91 Å². The van der Waals surface area contributed by atoms with Crippen LogP contribution in [0.2, 0.25) is 0 Å². The lowest BCUT2D eigenvalue weighted by molar-refractivity contribution is 0.0929. The first-order valence-electron chi connectivity index (χ1n) is 7.86. The highest BCUT2D eigenvalue weighted by Gasteiger charge is 2.19. The molecular weight excluding hydrogens is 292 g/mol. The fourth-order valence-corrected chi connectivity index (χ4v) is 2.51. The van der Waals surface area contributed by atoms with E-state index in [1.165, 1.54) is 0 Å². The summed E-state index contributed by atoms with van der Waals surface area (Å²) in [5.74, 6) is 0.431. The Hall–Kier alpha value is -2.70. The quantitative estimate of drug-likeness (QED) is 0.731. The van der Waals surface area contributed by atoms with Crippen molar-refractivity contribution in [3.8, 4) is 0 Å². The van der Waals surface area contributed by atoms with E-state index in [1.54, 1.807) is 12.3 Å². The van der Waals surface area contributed by atoms with Gasteiger partial charge >= 0.3 is 0 Å². The third-order valence-corrected chi connectivity index (χ3v) is 3.71. The maximum Gasteiger partial charge on any atom is 0.272 e. The van der Waals surface area contributed by atoms with E-state index in [-0.39, 0.29) is 11.9 Å². The number of H-pyrrole nitrogens is 1. The van der Waals surface area contributed by atoms with Gasteiger partial charge in [0.1, 0.15) is 5.69 Å². The Balaban J connectivity index is 1.76. The Morgan fingerprint density at radius 1 is 1.43 bits per heavy atom. The molecule has 0 aromatic carbocycles. The van der Waals surface area contributed by atoms with Crippen molar-refractivity contribution in [2.45, 2.75) is 39.2 Å². The van der Waals surface area contributed by atoms with E-state index in [9.17, 15) is 4.79 Å². The van der Waals surface area contributed by atoms with Gasteiger partial charge in [-0.2, -0.15) is 5.10 Å². The number of carbonyl (C=O) groups excluding carboxylic acids is 1. The van der Waals surface area contributed by atoms with E-state index >= 15 is 0 Å². The second kappa shape index (κ2) is 6.60. The molecule has 0 spiro atoms. The van der Waals surface area contributed by atoms with Crippen LogP contribution >= 0.6 is 0 Å². The van der Waals surface area contributed by atoms with Gasteiger partial charge in [0.15, 0.2) is 0 Å². The van der Waals surface area contributed by atoms with Gasteiger partial charge in [-0.1, -0.05) is 20.3 Å². The fraction of sp³-hybridized carbons (Fsp3) is 0.375. The number of hydrogen-bond acceptors (Lipinski definition) is 4. The zero-order valence-electron chi connectivity index (χ0n) is 13.3. The molecule has 0 aliphatic rings. The molecule has 0 saturated heterocycles. The normalized spacial score (nSPS) is 12.4. The molecule has 0 saturated carbocycles. The number of nitrogens with zero attached hydrogens (tertiary/aromatic N) is 4. The Kier molecular flexibility index (Phi) is 4.36. The van der Waals surface area contributed by atoms with Crippen LogP contribution in [0.5, 0.6) is 0 Å². The molecule has 1 amide bonds. The maximum atomic E-state index is 12.4. The second-order valence-electron chi connectivity index (χ2n) is 5.46. The number of aromatic nitrogens is 5. The van der Waals surface area contributed by atoms with Crippen molar-refractivity contribution in [3.63, 3.8) is 0 Å². The van der Waals surface area contributed by atoms with Gasteiger partial charge in [0, 0.05) is 24.3 Å². The van der Waals surface area contributed by atoms with Gasteiger partial charge in [-0.05, 0) is 25.0 Å².